The number of aromatic nitrogens is 5. The Morgan fingerprint density at radius 3 is 2.83 bits per heavy atom. The number of methoxy groups -OCH3 is 1. The second-order valence-corrected chi connectivity index (χ2v) is 10.3. The van der Waals surface area contributed by atoms with Crippen LogP contribution in [0, 0.1) is 5.82 Å². The summed E-state index contributed by atoms with van der Waals surface area (Å²) in [6, 6.07) is 6.21. The molecule has 2 heterocycles. The molecular formula is C24H31FN6O4S. The summed E-state index contributed by atoms with van der Waals surface area (Å²) in [4.78, 5) is 9.40. The highest BCUT2D eigenvalue weighted by atomic mass is 32.2. The predicted octanol–water partition coefficient (Wildman–Crippen LogP) is 2.53. The van der Waals surface area contributed by atoms with Crippen LogP contribution in [-0.4, -0.2) is 85.6 Å². The lowest BCUT2D eigenvalue weighted by atomic mass is 10.1. The number of aliphatic hydroxyl groups excluding tert-OH is 2. The van der Waals surface area contributed by atoms with Crippen molar-refractivity contribution in [2.24, 2.45) is 0 Å². The molecule has 12 heteroatoms. The number of benzene rings is 1. The summed E-state index contributed by atoms with van der Waals surface area (Å²) in [6.07, 6.45) is -0.511. The van der Waals surface area contributed by atoms with Gasteiger partial charge < -0.3 is 25.0 Å². The van der Waals surface area contributed by atoms with Crippen molar-refractivity contribution in [3.63, 3.8) is 0 Å². The number of halogens is 1. The van der Waals surface area contributed by atoms with Crippen molar-refractivity contribution < 1.29 is 24.1 Å². The fourth-order valence-electron chi connectivity index (χ4n) is 4.69. The predicted molar refractivity (Wildman–Crippen MR) is 133 cm³/mol. The lowest BCUT2D eigenvalue weighted by molar-refractivity contribution is -0.0656. The van der Waals surface area contributed by atoms with Gasteiger partial charge in [0.2, 0.25) is 0 Å². The van der Waals surface area contributed by atoms with Crippen molar-refractivity contribution in [3.8, 4) is 0 Å². The molecule has 6 atom stereocenters. The molecule has 194 valence electrons. The summed E-state index contributed by atoms with van der Waals surface area (Å²) in [5.41, 5.74) is 1.93. The van der Waals surface area contributed by atoms with Crippen LogP contribution >= 0.6 is 11.8 Å². The van der Waals surface area contributed by atoms with Gasteiger partial charge in [-0.15, -0.1) is 5.10 Å². The van der Waals surface area contributed by atoms with Crippen molar-refractivity contribution in [2.45, 2.75) is 67.7 Å². The molecule has 2 fully saturated rings. The molecule has 3 N–H and O–H groups in total. The molecule has 0 unspecified atom stereocenters. The zero-order valence-corrected chi connectivity index (χ0v) is 21.1. The van der Waals surface area contributed by atoms with Gasteiger partial charge in [-0.25, -0.2) is 19.0 Å². The van der Waals surface area contributed by atoms with Gasteiger partial charge in [0.25, 0.3) is 0 Å². The molecule has 5 rings (SSSR count). The van der Waals surface area contributed by atoms with Gasteiger partial charge in [0.1, 0.15) is 18.0 Å². The molecule has 0 bridgehead atoms. The normalized spacial score (nSPS) is 27.6. The Morgan fingerprint density at radius 1 is 1.19 bits per heavy atom. The van der Waals surface area contributed by atoms with E-state index in [1.54, 1.807) is 23.9 Å². The minimum Gasteiger partial charge on any atom is -0.388 e. The van der Waals surface area contributed by atoms with E-state index in [0.29, 0.717) is 41.8 Å². The number of ether oxygens (including phenoxy) is 2. The van der Waals surface area contributed by atoms with Crippen molar-refractivity contribution in [2.75, 3.05) is 31.4 Å². The summed E-state index contributed by atoms with van der Waals surface area (Å²) in [7, 11) is 1.58. The van der Waals surface area contributed by atoms with E-state index in [9.17, 15) is 14.6 Å². The van der Waals surface area contributed by atoms with Gasteiger partial charge in [-0.3, -0.25) is 0 Å². The molecule has 1 aromatic carbocycles. The first-order valence-corrected chi connectivity index (χ1v) is 13.2. The van der Waals surface area contributed by atoms with E-state index in [-0.39, 0.29) is 17.8 Å². The third-order valence-electron chi connectivity index (χ3n) is 6.66. The van der Waals surface area contributed by atoms with Crippen LogP contribution < -0.4 is 5.32 Å². The average molecular weight is 519 g/mol. The fraction of sp³-hybridized carbons (Fsp3) is 0.583. The standard InChI is InChI=1S/C24H31FN6O4S/c1-3-9-36-24-27-22(26-16-11-15(16)13-5-4-6-14(25)10-13)19-23(28-24)31(30-29-19)17-12-18(21(33)20(17)32)35-8-7-34-2/h4-6,10,15-18,20-21,32-33H,3,7-9,11-12H2,1-2H3,(H,26,27,28)/t15-,16+,17+,18-,20-,21+/m0/s1. The zero-order chi connectivity index (χ0) is 25.2. The highest BCUT2D eigenvalue weighted by molar-refractivity contribution is 7.99. The van der Waals surface area contributed by atoms with Crippen molar-refractivity contribution in [1.29, 1.82) is 0 Å². The number of hydrogen-bond donors (Lipinski definition) is 3. The number of anilines is 1. The molecule has 2 aromatic heterocycles. The molecule has 0 radical (unpaired) electrons. The molecule has 36 heavy (non-hydrogen) atoms. The van der Waals surface area contributed by atoms with Crippen LogP contribution in [0.3, 0.4) is 0 Å². The Labute approximate surface area is 212 Å². The Bertz CT molecular complexity index is 1200. The zero-order valence-electron chi connectivity index (χ0n) is 20.2. The molecule has 2 saturated carbocycles. The van der Waals surface area contributed by atoms with Crippen molar-refractivity contribution in [3.05, 3.63) is 35.6 Å². The highest BCUT2D eigenvalue weighted by Crippen LogP contribution is 2.44. The molecular weight excluding hydrogens is 487 g/mol. The first-order chi connectivity index (χ1) is 17.5. The van der Waals surface area contributed by atoms with Gasteiger partial charge >= 0.3 is 0 Å². The van der Waals surface area contributed by atoms with Gasteiger partial charge in [-0.1, -0.05) is 36.0 Å². The van der Waals surface area contributed by atoms with E-state index in [0.717, 1.165) is 24.2 Å². The molecule has 3 aromatic rings. The topological polar surface area (TPSA) is 127 Å². The Balaban J connectivity index is 1.41. The number of thioether (sulfide) groups is 1. The van der Waals surface area contributed by atoms with E-state index in [4.69, 9.17) is 19.4 Å². The first kappa shape index (κ1) is 25.3. The smallest absolute Gasteiger partial charge is 0.191 e. The Hall–Kier alpha value is -2.38. The maximum absolute atomic E-state index is 13.7. The van der Waals surface area contributed by atoms with E-state index < -0.39 is 24.4 Å². The van der Waals surface area contributed by atoms with Crippen LogP contribution in [-0.2, 0) is 9.47 Å². The summed E-state index contributed by atoms with van der Waals surface area (Å²) in [6.45, 7) is 2.80. The third kappa shape index (κ3) is 5.18. The van der Waals surface area contributed by atoms with Crippen LogP contribution in [0.15, 0.2) is 29.4 Å². The van der Waals surface area contributed by atoms with Gasteiger partial charge in [0.05, 0.1) is 25.4 Å². The van der Waals surface area contributed by atoms with Crippen molar-refractivity contribution in [1.82, 2.24) is 25.0 Å². The quantitative estimate of drug-likeness (QED) is 0.198. The maximum Gasteiger partial charge on any atom is 0.191 e. The maximum atomic E-state index is 13.7. The number of hydrogen-bond acceptors (Lipinski definition) is 10. The van der Waals surface area contributed by atoms with E-state index in [1.807, 2.05) is 6.07 Å². The van der Waals surface area contributed by atoms with Gasteiger partial charge in [0.15, 0.2) is 22.1 Å². The van der Waals surface area contributed by atoms with Gasteiger partial charge in [-0.05, 0) is 30.5 Å². The minimum atomic E-state index is -1.08. The molecule has 0 amide bonds. The van der Waals surface area contributed by atoms with Crippen LogP contribution in [0.5, 0.6) is 0 Å². The number of nitrogens with one attached hydrogen (secondary N) is 1. The largest absolute Gasteiger partial charge is 0.388 e. The van der Waals surface area contributed by atoms with Crippen molar-refractivity contribution >= 4 is 28.7 Å². The number of nitrogens with zero attached hydrogens (tertiary/aromatic N) is 5. The first-order valence-electron chi connectivity index (χ1n) is 12.2. The molecule has 10 nitrogen and oxygen atoms in total. The van der Waals surface area contributed by atoms with E-state index in [1.165, 1.54) is 17.8 Å². The lowest BCUT2D eigenvalue weighted by Gasteiger charge is -2.17. The molecule has 2 aliphatic carbocycles. The van der Waals surface area contributed by atoms with Crippen LogP contribution in [0.1, 0.15) is 43.7 Å². The SMILES string of the molecule is CCCSc1nc(N[C@@H]2C[C@H]2c2cccc(F)c2)c2nnn([C@@H]3C[C@H](OCCOC)[C@@H](O)[C@H]3O)c2n1. The highest BCUT2D eigenvalue weighted by Gasteiger charge is 2.45. The molecule has 0 saturated heterocycles. The summed E-state index contributed by atoms with van der Waals surface area (Å²) >= 11 is 1.54. The Morgan fingerprint density at radius 2 is 2.06 bits per heavy atom. The van der Waals surface area contributed by atoms with Gasteiger partial charge in [0, 0.05) is 31.2 Å². The Kier molecular flexibility index (Phi) is 7.68. The monoisotopic (exact) mass is 518 g/mol. The van der Waals surface area contributed by atoms with Crippen LogP contribution in [0.2, 0.25) is 0 Å². The minimum absolute atomic E-state index is 0.0940. The summed E-state index contributed by atoms with van der Waals surface area (Å²) in [5, 5.41) is 34.0. The lowest BCUT2D eigenvalue weighted by Crippen LogP contribution is -2.33. The number of fused-ring (bicyclic) bond motifs is 1. The fourth-order valence-corrected chi connectivity index (χ4v) is 5.38. The molecule has 2 aliphatic rings. The summed E-state index contributed by atoms with van der Waals surface area (Å²) in [5.74, 6) is 1.35. The summed E-state index contributed by atoms with van der Waals surface area (Å²) < 4.78 is 26.0. The van der Waals surface area contributed by atoms with Crippen LogP contribution in [0.25, 0.3) is 11.2 Å². The second kappa shape index (κ2) is 10.9. The average Bonchev–Trinajstić information content (AvgIpc) is 3.42. The molecule has 0 aliphatic heterocycles. The number of aliphatic hydroxyl groups is 2. The van der Waals surface area contributed by atoms with Crippen LogP contribution in [0.4, 0.5) is 10.2 Å². The van der Waals surface area contributed by atoms with E-state index >= 15 is 0 Å². The van der Waals surface area contributed by atoms with E-state index in [2.05, 4.69) is 22.6 Å². The second-order valence-electron chi connectivity index (χ2n) is 9.24. The van der Waals surface area contributed by atoms with Gasteiger partial charge in [-0.2, -0.15) is 0 Å². The molecule has 0 spiro atoms. The number of rotatable bonds is 11. The third-order valence-corrected chi connectivity index (χ3v) is 7.71.